The third-order valence-corrected chi connectivity index (χ3v) is 4.12. The van der Waals surface area contributed by atoms with Crippen LogP contribution >= 0.6 is 0 Å². The summed E-state index contributed by atoms with van der Waals surface area (Å²) >= 11 is 0. The lowest BCUT2D eigenvalue weighted by molar-refractivity contribution is -0.00100. The number of nitrogens with zero attached hydrogens (tertiary/aromatic N) is 1. The van der Waals surface area contributed by atoms with Gasteiger partial charge < -0.3 is 30.1 Å². The third kappa shape index (κ3) is 4.29. The van der Waals surface area contributed by atoms with Crippen LogP contribution in [0.3, 0.4) is 0 Å². The molecule has 5 nitrogen and oxygen atoms in total. The summed E-state index contributed by atoms with van der Waals surface area (Å²) in [5, 5.41) is 4.39. The van der Waals surface area contributed by atoms with E-state index in [0.717, 1.165) is 5.39 Å². The summed E-state index contributed by atoms with van der Waals surface area (Å²) in [6.45, 7) is 0.950. The van der Waals surface area contributed by atoms with E-state index in [1.807, 2.05) is 6.07 Å². The largest absolute Gasteiger partial charge is 1.00 e. The summed E-state index contributed by atoms with van der Waals surface area (Å²) in [6.07, 6.45) is 3.25. The first-order valence-electron chi connectivity index (χ1n) is 5.62. The molecular weight excluding hydrogens is 321 g/mol. The van der Waals surface area contributed by atoms with Gasteiger partial charge in [0.1, 0.15) is 0 Å². The molecule has 1 heterocycles. The smallest absolute Gasteiger partial charge is 0.241 e. The van der Waals surface area contributed by atoms with Gasteiger partial charge in [-0.15, -0.1) is 0 Å². The number of benzene rings is 1. The second-order valence-electron chi connectivity index (χ2n) is 3.85. The number of likely N-dealkylation sites (N-methyl/N-ethyl adjacent to an activating group) is 1. The first-order chi connectivity index (χ1) is 8.65. The minimum absolute atomic E-state index is 0. The quantitative estimate of drug-likeness (QED) is 0.536. The van der Waals surface area contributed by atoms with Crippen molar-refractivity contribution >= 4 is 20.8 Å². The third-order valence-electron chi connectivity index (χ3n) is 2.60. The van der Waals surface area contributed by atoms with Gasteiger partial charge in [-0.3, -0.25) is 4.98 Å². The van der Waals surface area contributed by atoms with E-state index >= 15 is 0 Å². The molecule has 0 aliphatic carbocycles. The molecule has 0 saturated carbocycles. The summed E-state index contributed by atoms with van der Waals surface area (Å²) in [6, 6.07) is 6.87. The zero-order valence-electron chi connectivity index (χ0n) is 10.8. The van der Waals surface area contributed by atoms with Crippen LogP contribution in [-0.2, 0) is 10.0 Å². The first kappa shape index (κ1) is 19.1. The van der Waals surface area contributed by atoms with Crippen LogP contribution in [0.4, 0.5) is 0 Å². The molecule has 1 aromatic carbocycles. The zero-order chi connectivity index (χ0) is 13.0. The van der Waals surface area contributed by atoms with Crippen LogP contribution in [0.5, 0.6) is 0 Å². The number of hydrogen-bond donors (Lipinski definition) is 2. The van der Waals surface area contributed by atoms with Gasteiger partial charge in [0, 0.05) is 36.3 Å². The van der Waals surface area contributed by atoms with Crippen molar-refractivity contribution in [1.29, 1.82) is 0 Å². The molecule has 0 spiro atoms. The number of nitrogens with one attached hydrogen (secondary N) is 2. The van der Waals surface area contributed by atoms with Gasteiger partial charge in [0.25, 0.3) is 0 Å². The molecule has 0 saturated heterocycles. The SMILES string of the molecule is CNCCNS(=O)(=O)c1cccc2cnccc12.[Cl-].[Cl-]. The van der Waals surface area contributed by atoms with Crippen LogP contribution in [0.1, 0.15) is 0 Å². The molecule has 112 valence electrons. The molecule has 0 unspecified atom stereocenters. The van der Waals surface area contributed by atoms with Crippen molar-refractivity contribution in [3.8, 4) is 0 Å². The van der Waals surface area contributed by atoms with Crippen molar-refractivity contribution in [3.63, 3.8) is 0 Å². The molecule has 0 atom stereocenters. The normalized spacial score (nSPS) is 10.7. The number of hydrogen-bond acceptors (Lipinski definition) is 4. The molecule has 0 fully saturated rings. The molecule has 20 heavy (non-hydrogen) atoms. The number of sulfonamides is 1. The fourth-order valence-corrected chi connectivity index (χ4v) is 2.97. The molecule has 0 radical (unpaired) electrons. The number of fused-ring (bicyclic) bond motifs is 1. The highest BCUT2D eigenvalue weighted by Crippen LogP contribution is 2.21. The highest BCUT2D eigenvalue weighted by Gasteiger charge is 2.16. The molecule has 8 heteroatoms. The van der Waals surface area contributed by atoms with E-state index in [2.05, 4.69) is 15.0 Å². The summed E-state index contributed by atoms with van der Waals surface area (Å²) in [4.78, 5) is 4.28. The topological polar surface area (TPSA) is 71.1 Å². The maximum atomic E-state index is 12.2. The summed E-state index contributed by atoms with van der Waals surface area (Å²) in [5.74, 6) is 0. The minimum Gasteiger partial charge on any atom is -1.00 e. The summed E-state index contributed by atoms with van der Waals surface area (Å²) < 4.78 is 26.9. The van der Waals surface area contributed by atoms with Crippen LogP contribution in [0.15, 0.2) is 41.6 Å². The van der Waals surface area contributed by atoms with E-state index in [9.17, 15) is 8.42 Å². The molecule has 0 aliphatic rings. The highest BCUT2D eigenvalue weighted by molar-refractivity contribution is 7.89. The van der Waals surface area contributed by atoms with Crippen LogP contribution in [0, 0.1) is 0 Å². The van der Waals surface area contributed by atoms with Gasteiger partial charge in [0.15, 0.2) is 0 Å². The minimum atomic E-state index is -3.48. The van der Waals surface area contributed by atoms with Crippen LogP contribution in [-0.4, -0.2) is 33.5 Å². The van der Waals surface area contributed by atoms with E-state index in [-0.39, 0.29) is 24.8 Å². The maximum absolute atomic E-state index is 12.2. The van der Waals surface area contributed by atoms with Crippen molar-refractivity contribution in [2.75, 3.05) is 20.1 Å². The second kappa shape index (κ2) is 8.39. The Labute approximate surface area is 131 Å². The van der Waals surface area contributed by atoms with Gasteiger partial charge in [-0.25, -0.2) is 13.1 Å². The van der Waals surface area contributed by atoms with E-state index in [1.165, 1.54) is 0 Å². The Kier molecular flexibility index (Phi) is 8.00. The standard InChI is InChI=1S/C12H15N3O2S.2ClH/c1-13-7-8-15-18(16,17)12-4-2-3-10-9-14-6-5-11(10)12;;/h2-6,9,13,15H,7-8H2,1H3;2*1H/p-2. The predicted octanol–water partition coefficient (Wildman–Crippen LogP) is -5.26. The van der Waals surface area contributed by atoms with E-state index < -0.39 is 10.0 Å². The number of aromatic nitrogens is 1. The van der Waals surface area contributed by atoms with Crippen molar-refractivity contribution in [3.05, 3.63) is 36.7 Å². The molecule has 0 aliphatic heterocycles. The average molecular weight is 336 g/mol. The lowest BCUT2D eigenvalue weighted by Crippen LogP contribution is -3.00. The van der Waals surface area contributed by atoms with Crippen molar-refractivity contribution in [2.24, 2.45) is 0 Å². The monoisotopic (exact) mass is 335 g/mol. The molecule has 2 rings (SSSR count). The Balaban J connectivity index is 0.00000180. The van der Waals surface area contributed by atoms with Gasteiger partial charge >= 0.3 is 0 Å². The maximum Gasteiger partial charge on any atom is 0.241 e. The second-order valence-corrected chi connectivity index (χ2v) is 5.59. The number of pyridine rings is 1. The fourth-order valence-electron chi connectivity index (χ4n) is 1.72. The summed E-state index contributed by atoms with van der Waals surface area (Å²) in [5.41, 5.74) is 0. The van der Waals surface area contributed by atoms with Crippen LogP contribution in [0.2, 0.25) is 0 Å². The molecular formula is C12H15Cl2N3O2S-2. The van der Waals surface area contributed by atoms with E-state index in [4.69, 9.17) is 0 Å². The molecule has 0 amide bonds. The lowest BCUT2D eigenvalue weighted by atomic mass is 10.2. The summed E-state index contributed by atoms with van der Waals surface area (Å²) in [7, 11) is -1.70. The Morgan fingerprint density at radius 3 is 2.60 bits per heavy atom. The Hall–Kier alpha value is -0.920. The molecule has 2 aromatic rings. The van der Waals surface area contributed by atoms with E-state index in [1.54, 1.807) is 37.6 Å². The molecule has 1 aromatic heterocycles. The van der Waals surface area contributed by atoms with Crippen molar-refractivity contribution < 1.29 is 33.2 Å². The van der Waals surface area contributed by atoms with Gasteiger partial charge in [0.05, 0.1) is 4.90 Å². The molecule has 0 bridgehead atoms. The first-order valence-corrected chi connectivity index (χ1v) is 7.10. The molecule has 2 N–H and O–H groups in total. The predicted molar refractivity (Wildman–Crippen MR) is 70.9 cm³/mol. The Morgan fingerprint density at radius 2 is 1.90 bits per heavy atom. The average Bonchev–Trinajstić information content (AvgIpc) is 2.38. The zero-order valence-corrected chi connectivity index (χ0v) is 13.1. The van der Waals surface area contributed by atoms with Gasteiger partial charge in [-0.1, -0.05) is 12.1 Å². The van der Waals surface area contributed by atoms with Crippen LogP contribution in [0.25, 0.3) is 10.8 Å². The van der Waals surface area contributed by atoms with Crippen molar-refractivity contribution in [1.82, 2.24) is 15.0 Å². The van der Waals surface area contributed by atoms with Gasteiger partial charge in [-0.2, -0.15) is 0 Å². The van der Waals surface area contributed by atoms with Crippen molar-refractivity contribution in [2.45, 2.75) is 4.90 Å². The fraction of sp³-hybridized carbons (Fsp3) is 0.250. The lowest BCUT2D eigenvalue weighted by Gasteiger charge is -2.09. The Bertz CT molecular complexity index is 645. The highest BCUT2D eigenvalue weighted by atomic mass is 35.5. The van der Waals surface area contributed by atoms with Gasteiger partial charge in [-0.05, 0) is 19.2 Å². The van der Waals surface area contributed by atoms with Crippen LogP contribution < -0.4 is 34.9 Å². The number of rotatable bonds is 5. The van der Waals surface area contributed by atoms with E-state index in [0.29, 0.717) is 23.4 Å². The number of halogens is 2. The Morgan fingerprint density at radius 1 is 1.15 bits per heavy atom. The van der Waals surface area contributed by atoms with Gasteiger partial charge in [0.2, 0.25) is 10.0 Å².